The molecular formula is C5H20N2O3. The first-order chi connectivity index (χ1) is 3.65. The van der Waals surface area contributed by atoms with E-state index in [0.29, 0.717) is 6.54 Å². The SMILES string of the molecule is CN(C)C.NCCO.O.O. The number of aliphatic hydroxyl groups excluding tert-OH is 1. The van der Waals surface area contributed by atoms with E-state index in [2.05, 4.69) is 0 Å². The Hall–Kier alpha value is -0.200. The molecule has 0 aromatic carbocycles. The minimum absolute atomic E-state index is 0. The van der Waals surface area contributed by atoms with Crippen LogP contribution in [-0.4, -0.2) is 55.3 Å². The molecule has 0 aliphatic heterocycles. The van der Waals surface area contributed by atoms with Crippen molar-refractivity contribution in [2.75, 3.05) is 34.3 Å². The zero-order valence-electron chi connectivity index (χ0n) is 6.89. The van der Waals surface area contributed by atoms with E-state index in [-0.39, 0.29) is 17.6 Å². The van der Waals surface area contributed by atoms with Gasteiger partial charge in [0.1, 0.15) is 0 Å². The van der Waals surface area contributed by atoms with Crippen molar-refractivity contribution in [1.82, 2.24) is 4.90 Å². The van der Waals surface area contributed by atoms with Crippen molar-refractivity contribution in [3.05, 3.63) is 0 Å². The lowest BCUT2D eigenvalue weighted by Gasteiger charge is -1.90. The second kappa shape index (κ2) is 23.2. The maximum absolute atomic E-state index is 7.75. The summed E-state index contributed by atoms with van der Waals surface area (Å²) in [6, 6.07) is 0. The van der Waals surface area contributed by atoms with Crippen LogP contribution in [0.3, 0.4) is 0 Å². The number of hydrogen-bond donors (Lipinski definition) is 2. The molecule has 10 heavy (non-hydrogen) atoms. The molecule has 0 aromatic heterocycles. The van der Waals surface area contributed by atoms with Crippen molar-refractivity contribution in [2.24, 2.45) is 5.73 Å². The Morgan fingerprint density at radius 3 is 1.30 bits per heavy atom. The van der Waals surface area contributed by atoms with Crippen LogP contribution in [0.25, 0.3) is 0 Å². The highest BCUT2D eigenvalue weighted by atomic mass is 16.3. The molecule has 7 N–H and O–H groups in total. The van der Waals surface area contributed by atoms with Crippen molar-refractivity contribution in [2.45, 2.75) is 0 Å². The molecule has 5 heteroatoms. The second-order valence-electron chi connectivity index (χ2n) is 1.85. The molecule has 68 valence electrons. The lowest BCUT2D eigenvalue weighted by Crippen LogP contribution is -2.02. The van der Waals surface area contributed by atoms with Gasteiger partial charge in [0.25, 0.3) is 0 Å². The third-order valence-electron chi connectivity index (χ3n) is 0.129. The Labute approximate surface area is 62.1 Å². The molecule has 0 spiro atoms. The van der Waals surface area contributed by atoms with Crippen LogP contribution in [0.5, 0.6) is 0 Å². The van der Waals surface area contributed by atoms with Gasteiger partial charge in [-0.2, -0.15) is 0 Å². The summed E-state index contributed by atoms with van der Waals surface area (Å²) < 4.78 is 0. The highest BCUT2D eigenvalue weighted by Crippen LogP contribution is 1.47. The molecule has 0 saturated heterocycles. The van der Waals surface area contributed by atoms with Gasteiger partial charge >= 0.3 is 0 Å². The Kier molecular flexibility index (Phi) is 52.4. The summed E-state index contributed by atoms with van der Waals surface area (Å²) in [5, 5.41) is 7.75. The highest BCUT2D eigenvalue weighted by molar-refractivity contribution is 4.17. The fourth-order valence-electron chi connectivity index (χ4n) is 0. The first-order valence-corrected chi connectivity index (χ1v) is 2.57. The average Bonchev–Trinajstić information content (AvgIpc) is 1.65. The summed E-state index contributed by atoms with van der Waals surface area (Å²) in [6.07, 6.45) is 0. The third kappa shape index (κ3) is 564. The molecule has 0 rings (SSSR count). The van der Waals surface area contributed by atoms with Crippen LogP contribution in [0.15, 0.2) is 0 Å². The van der Waals surface area contributed by atoms with Crippen molar-refractivity contribution in [3.8, 4) is 0 Å². The summed E-state index contributed by atoms with van der Waals surface area (Å²) in [5.41, 5.74) is 4.78. The quantitative estimate of drug-likeness (QED) is 0.436. The van der Waals surface area contributed by atoms with E-state index >= 15 is 0 Å². The number of hydrogen-bond acceptors (Lipinski definition) is 3. The molecule has 0 bridgehead atoms. The van der Waals surface area contributed by atoms with Crippen molar-refractivity contribution >= 4 is 0 Å². The molecule has 0 aliphatic carbocycles. The van der Waals surface area contributed by atoms with Crippen LogP contribution in [0.4, 0.5) is 0 Å². The van der Waals surface area contributed by atoms with E-state index in [1.54, 1.807) is 0 Å². The molecule has 0 fully saturated rings. The minimum Gasteiger partial charge on any atom is -0.412 e. The van der Waals surface area contributed by atoms with Crippen LogP contribution < -0.4 is 5.73 Å². The van der Waals surface area contributed by atoms with Crippen LogP contribution in [-0.2, 0) is 0 Å². The molecule has 0 amide bonds. The zero-order chi connectivity index (χ0) is 6.99. The smallest absolute Gasteiger partial charge is 0.0553 e. The largest absolute Gasteiger partial charge is 0.412 e. The molecule has 0 heterocycles. The first-order valence-electron chi connectivity index (χ1n) is 2.57. The van der Waals surface area contributed by atoms with E-state index in [1.807, 2.05) is 26.0 Å². The van der Waals surface area contributed by atoms with E-state index in [1.165, 1.54) is 0 Å². The molecule has 5 nitrogen and oxygen atoms in total. The highest BCUT2D eigenvalue weighted by Gasteiger charge is 1.58. The Morgan fingerprint density at radius 1 is 1.20 bits per heavy atom. The molecule has 0 atom stereocenters. The minimum atomic E-state index is 0. The number of aliphatic hydroxyl groups is 1. The fourth-order valence-corrected chi connectivity index (χ4v) is 0. The van der Waals surface area contributed by atoms with Crippen molar-refractivity contribution < 1.29 is 16.1 Å². The standard InChI is InChI=1S/C3H9N.C2H7NO.2H2O/c1-4(2)3;3-1-2-4;;/h1-3H3;4H,1-3H2;2*1H2. The summed E-state index contributed by atoms with van der Waals surface area (Å²) in [5.74, 6) is 0. The number of nitrogens with zero attached hydrogens (tertiary/aromatic N) is 1. The van der Waals surface area contributed by atoms with Gasteiger partial charge < -0.3 is 26.7 Å². The van der Waals surface area contributed by atoms with Gasteiger partial charge in [-0.05, 0) is 21.1 Å². The molecule has 0 aliphatic rings. The van der Waals surface area contributed by atoms with Crippen LogP contribution in [0.2, 0.25) is 0 Å². The lowest BCUT2D eigenvalue weighted by molar-refractivity contribution is 0.306. The van der Waals surface area contributed by atoms with Crippen LogP contribution in [0.1, 0.15) is 0 Å². The predicted octanol–water partition coefficient (Wildman–Crippen LogP) is -2.53. The topological polar surface area (TPSA) is 112 Å². The number of rotatable bonds is 1. The van der Waals surface area contributed by atoms with Gasteiger partial charge in [-0.3, -0.25) is 0 Å². The van der Waals surface area contributed by atoms with E-state index in [4.69, 9.17) is 10.8 Å². The van der Waals surface area contributed by atoms with Gasteiger partial charge in [0.15, 0.2) is 0 Å². The summed E-state index contributed by atoms with van der Waals surface area (Å²) >= 11 is 0. The Morgan fingerprint density at radius 2 is 1.30 bits per heavy atom. The van der Waals surface area contributed by atoms with Gasteiger partial charge in [-0.25, -0.2) is 0 Å². The molecule has 0 aromatic rings. The van der Waals surface area contributed by atoms with Crippen LogP contribution in [0, 0.1) is 0 Å². The lowest BCUT2D eigenvalue weighted by atomic mass is 10.8. The number of nitrogens with two attached hydrogens (primary N) is 1. The van der Waals surface area contributed by atoms with Crippen LogP contribution >= 0.6 is 0 Å². The zero-order valence-corrected chi connectivity index (χ0v) is 6.89. The normalized spacial score (nSPS) is 6.60. The van der Waals surface area contributed by atoms with Gasteiger partial charge in [-0.1, -0.05) is 0 Å². The van der Waals surface area contributed by atoms with E-state index in [0.717, 1.165) is 0 Å². The molecule has 0 radical (unpaired) electrons. The summed E-state index contributed by atoms with van der Waals surface area (Å²) in [4.78, 5) is 2.00. The van der Waals surface area contributed by atoms with Crippen molar-refractivity contribution in [3.63, 3.8) is 0 Å². The van der Waals surface area contributed by atoms with Gasteiger partial charge in [0.2, 0.25) is 0 Å². The molecular weight excluding hydrogens is 136 g/mol. The van der Waals surface area contributed by atoms with Gasteiger partial charge in [-0.15, -0.1) is 0 Å². The van der Waals surface area contributed by atoms with Gasteiger partial charge in [0, 0.05) is 6.54 Å². The van der Waals surface area contributed by atoms with E-state index in [9.17, 15) is 0 Å². The average molecular weight is 156 g/mol. The second-order valence-corrected chi connectivity index (χ2v) is 1.85. The first kappa shape index (κ1) is 22.6. The fraction of sp³-hybridized carbons (Fsp3) is 1.00. The Bertz CT molecular complexity index is 31.3. The summed E-state index contributed by atoms with van der Waals surface area (Å²) in [7, 11) is 6.00. The van der Waals surface area contributed by atoms with E-state index < -0.39 is 0 Å². The Balaban J connectivity index is -0.0000000300. The molecule has 0 saturated carbocycles. The monoisotopic (exact) mass is 156 g/mol. The summed E-state index contributed by atoms with van der Waals surface area (Å²) in [6.45, 7) is 0.472. The maximum atomic E-state index is 7.75. The molecule has 0 unspecified atom stereocenters. The predicted molar refractivity (Wildman–Crippen MR) is 43.0 cm³/mol. The maximum Gasteiger partial charge on any atom is 0.0553 e. The van der Waals surface area contributed by atoms with Gasteiger partial charge in [0.05, 0.1) is 6.61 Å². The third-order valence-corrected chi connectivity index (χ3v) is 0.129. The van der Waals surface area contributed by atoms with Crippen molar-refractivity contribution in [1.29, 1.82) is 0 Å².